The summed E-state index contributed by atoms with van der Waals surface area (Å²) in [7, 11) is 5.26. The Kier molecular flexibility index (Phi) is 24.2. The molecule has 0 bridgehead atoms. The zero-order chi connectivity index (χ0) is 55.6. The van der Waals surface area contributed by atoms with Gasteiger partial charge in [-0.2, -0.15) is 0 Å². The maximum absolute atomic E-state index is 14.6. The molecular formula is C57H102ClN2O13P. The SMILES string of the molecule is CC[C@H]1OC(=O)[C@H](C)[C@@H](O[C@H]2C[C@@](C)(OC)[C@@H](O)[C@H](C)O2)[C@H](C)[C@@H](O[C@@H]2O[C@H](C)C[C@H](N(C)C)[C@H]2O)[C@](C)(O)C[C@@H](C)CN(C(=O)CCCCCCCCCCCP(C)(C)(Cl)c2ccccc2)[C@H](C)[C@@H](O)[C@]1(C)O. The number of likely N-dealkylation sites (N-methyl/N-ethyl adjacent to an activating group) is 1. The molecule has 17 heteroatoms. The molecule has 1 aromatic rings. The molecule has 0 aromatic heterocycles. The molecular weight excluding hydrogens is 987 g/mol. The second-order valence-electron chi connectivity index (χ2n) is 24.5. The molecule has 0 aliphatic carbocycles. The predicted molar refractivity (Wildman–Crippen MR) is 295 cm³/mol. The number of aliphatic hydroxyl groups is 5. The molecule has 3 aliphatic rings. The van der Waals surface area contributed by atoms with Crippen molar-refractivity contribution in [3.63, 3.8) is 0 Å². The van der Waals surface area contributed by atoms with Crippen molar-refractivity contribution in [3.05, 3.63) is 30.3 Å². The number of halogens is 1. The van der Waals surface area contributed by atoms with Crippen LogP contribution >= 0.6 is 17.2 Å². The number of cyclic esters (lactones) is 1. The number of nitrogens with zero attached hydrogens (tertiary/aromatic N) is 2. The van der Waals surface area contributed by atoms with Crippen molar-refractivity contribution in [3.8, 4) is 0 Å². The number of rotatable bonds is 20. The van der Waals surface area contributed by atoms with E-state index in [1.165, 1.54) is 25.8 Å². The van der Waals surface area contributed by atoms with Gasteiger partial charge in [-0.3, -0.25) is 9.59 Å². The van der Waals surface area contributed by atoms with Crippen LogP contribution in [0.3, 0.4) is 0 Å². The van der Waals surface area contributed by atoms with Crippen LogP contribution in [0.2, 0.25) is 0 Å². The summed E-state index contributed by atoms with van der Waals surface area (Å²) in [5.41, 5.74) is -4.77. The number of benzene rings is 1. The molecule has 3 aliphatic heterocycles. The van der Waals surface area contributed by atoms with E-state index in [1.54, 1.807) is 53.4 Å². The van der Waals surface area contributed by atoms with Crippen LogP contribution in [0.25, 0.3) is 0 Å². The third-order valence-electron chi connectivity index (χ3n) is 17.0. The first-order chi connectivity index (χ1) is 34.4. The Balaban J connectivity index is 1.57. The molecule has 0 spiro atoms. The van der Waals surface area contributed by atoms with Gasteiger partial charge in [0.25, 0.3) is 0 Å². The Morgan fingerprint density at radius 2 is 1.43 bits per heavy atom. The number of methoxy groups -OCH3 is 1. The van der Waals surface area contributed by atoms with Crippen molar-refractivity contribution in [2.45, 2.75) is 249 Å². The third kappa shape index (κ3) is 17.0. The second-order valence-corrected chi connectivity index (χ2v) is 33.2. The van der Waals surface area contributed by atoms with E-state index in [4.69, 9.17) is 39.7 Å². The van der Waals surface area contributed by atoms with Gasteiger partial charge in [-0.05, 0) is 87.7 Å². The molecule has 18 atom stereocenters. The molecule has 0 unspecified atom stereocenters. The first-order valence-corrected chi connectivity index (χ1v) is 32.2. The normalized spacial score (nSPS) is 38.9. The largest absolute Gasteiger partial charge is 0.388 e. The molecule has 3 saturated heterocycles. The van der Waals surface area contributed by atoms with Crippen molar-refractivity contribution >= 4 is 34.4 Å². The number of carbonyl (C=O) groups is 2. The van der Waals surface area contributed by atoms with E-state index in [9.17, 15) is 35.1 Å². The summed E-state index contributed by atoms with van der Waals surface area (Å²) in [6, 6.07) is 9.24. The van der Waals surface area contributed by atoms with Crippen molar-refractivity contribution in [1.82, 2.24) is 9.80 Å². The van der Waals surface area contributed by atoms with E-state index in [-0.39, 0.29) is 50.3 Å². The van der Waals surface area contributed by atoms with Gasteiger partial charge in [0.2, 0.25) is 0 Å². The molecule has 0 saturated carbocycles. The molecule has 1 amide bonds. The van der Waals surface area contributed by atoms with Gasteiger partial charge in [0.05, 0.1) is 47.6 Å². The minimum absolute atomic E-state index is 0.0767. The van der Waals surface area contributed by atoms with E-state index in [1.807, 2.05) is 38.9 Å². The van der Waals surface area contributed by atoms with E-state index < -0.39 is 108 Å². The monoisotopic (exact) mass is 1090 g/mol. The zero-order valence-corrected chi connectivity index (χ0v) is 49.7. The molecule has 0 radical (unpaired) electrons. The van der Waals surface area contributed by atoms with E-state index >= 15 is 0 Å². The molecule has 4 rings (SSSR count). The summed E-state index contributed by atoms with van der Waals surface area (Å²) in [6.45, 7) is 21.9. The van der Waals surface area contributed by atoms with Gasteiger partial charge >= 0.3 is 148 Å². The van der Waals surface area contributed by atoms with Crippen LogP contribution in [0, 0.1) is 17.8 Å². The van der Waals surface area contributed by atoms with Crippen molar-refractivity contribution in [1.29, 1.82) is 0 Å². The third-order valence-corrected chi connectivity index (χ3v) is 21.6. The average Bonchev–Trinajstić information content (AvgIpc) is 3.33. The number of esters is 1. The number of amides is 1. The topological polar surface area (TPSA) is 197 Å². The summed E-state index contributed by atoms with van der Waals surface area (Å²) in [4.78, 5) is 32.6. The molecule has 3 fully saturated rings. The van der Waals surface area contributed by atoms with E-state index in [2.05, 4.69) is 37.6 Å². The van der Waals surface area contributed by atoms with E-state index in [0.717, 1.165) is 51.1 Å². The molecule has 74 heavy (non-hydrogen) atoms. The van der Waals surface area contributed by atoms with Gasteiger partial charge in [0.15, 0.2) is 12.6 Å². The minimum atomic E-state index is -2.42. The molecule has 430 valence electrons. The van der Waals surface area contributed by atoms with Crippen LogP contribution in [0.4, 0.5) is 0 Å². The Morgan fingerprint density at radius 3 is 2.00 bits per heavy atom. The summed E-state index contributed by atoms with van der Waals surface area (Å²) in [6.07, 6.45) is 1.14. The van der Waals surface area contributed by atoms with Crippen molar-refractivity contribution < 1.29 is 63.5 Å². The molecule has 1 aromatic carbocycles. The predicted octanol–water partition coefficient (Wildman–Crippen LogP) is 7.99. The summed E-state index contributed by atoms with van der Waals surface area (Å²) in [5.74, 6) is -5.66. The fourth-order valence-corrected chi connectivity index (χ4v) is 15.3. The van der Waals surface area contributed by atoms with Gasteiger partial charge in [0.1, 0.15) is 30.0 Å². The zero-order valence-electron chi connectivity index (χ0n) is 48.1. The van der Waals surface area contributed by atoms with Crippen LogP contribution in [-0.4, -0.2) is 185 Å². The number of unbranched alkanes of at least 4 members (excludes halogenated alkanes) is 8. The van der Waals surface area contributed by atoms with Crippen LogP contribution in [0.5, 0.6) is 0 Å². The summed E-state index contributed by atoms with van der Waals surface area (Å²) in [5, 5.41) is 61.4. The van der Waals surface area contributed by atoms with Crippen LogP contribution in [-0.2, 0) is 38.0 Å². The Hall–Kier alpha value is -1.56. The van der Waals surface area contributed by atoms with Gasteiger partial charge in [-0.25, -0.2) is 0 Å². The fourth-order valence-electron chi connectivity index (χ4n) is 12.1. The first-order valence-electron chi connectivity index (χ1n) is 28.0. The first kappa shape index (κ1) is 65.0. The molecule has 5 N–H and O–H groups in total. The Bertz CT molecular complexity index is 1870. The van der Waals surface area contributed by atoms with Gasteiger partial charge < -0.3 is 63.8 Å². The van der Waals surface area contributed by atoms with Gasteiger partial charge in [-0.15, -0.1) is 0 Å². The second kappa shape index (κ2) is 27.5. The average molecular weight is 1090 g/mol. The molecule has 3 heterocycles. The van der Waals surface area contributed by atoms with Crippen molar-refractivity contribution in [2.75, 3.05) is 47.2 Å². The van der Waals surface area contributed by atoms with Crippen molar-refractivity contribution in [2.24, 2.45) is 17.8 Å². The van der Waals surface area contributed by atoms with Gasteiger partial charge in [0, 0.05) is 32.0 Å². The Morgan fingerprint density at radius 1 is 0.851 bits per heavy atom. The standard InChI is InChI=1S/C57H102ClN2O13P/c1-16-45-57(10,67)50(63)41(6)60(46(61)31-27-22-20-18-17-19-21-23-28-32-74(14,15,58)43-29-25-24-26-30-43)36-37(2)34-55(8,66)52(73-54-48(62)44(59(11)12)33-38(3)69-54)39(4)49(40(5)53(65)71-45)72-47-35-56(9,68-13)51(64)42(7)70-47/h24-26,29-30,37-42,44-45,47-52,54,62-64,66-67H,16-23,27-28,31-36H2,1-15H3/t37-,38-,39+,40-,41-,42+,44+,45-,47+,48-,49+,50-,51+,52-,54+,55-,56-,57-/m1/s1. The quantitative estimate of drug-likeness (QED) is 0.0479. The number of carbonyl (C=O) groups excluding carboxylic acids is 2. The Labute approximate surface area is 450 Å². The van der Waals surface area contributed by atoms with Crippen LogP contribution in [0.15, 0.2) is 30.3 Å². The number of hydrogen-bond donors (Lipinski definition) is 5. The van der Waals surface area contributed by atoms with Gasteiger partial charge in [-0.1, -0.05) is 20.8 Å². The summed E-state index contributed by atoms with van der Waals surface area (Å²) >= 11 is 7.25. The van der Waals surface area contributed by atoms with E-state index in [0.29, 0.717) is 12.8 Å². The number of ether oxygens (including phenoxy) is 6. The summed E-state index contributed by atoms with van der Waals surface area (Å²) < 4.78 is 38.1. The smallest absolute Gasteiger partial charge is 0.126 e. The number of aliphatic hydroxyl groups excluding tert-OH is 3. The minimum Gasteiger partial charge on any atom is -0.388 e. The fraction of sp³-hybridized carbons (Fsp3) is 0.860. The molecule has 15 nitrogen and oxygen atoms in total. The van der Waals surface area contributed by atoms with Crippen LogP contribution in [0.1, 0.15) is 159 Å². The maximum Gasteiger partial charge on any atom is 0.126 e. The maximum atomic E-state index is 14.6. The number of hydrogen-bond acceptors (Lipinski definition) is 14. The van der Waals surface area contributed by atoms with Crippen LogP contribution < -0.4 is 5.30 Å².